The number of halogens is 1. The van der Waals surface area contributed by atoms with Crippen LogP contribution < -0.4 is 24.4 Å². The van der Waals surface area contributed by atoms with E-state index in [4.69, 9.17) is 25.8 Å². The average Bonchev–Trinajstić information content (AvgIpc) is 2.88. The zero-order valence-corrected chi connectivity index (χ0v) is 20.0. The summed E-state index contributed by atoms with van der Waals surface area (Å²) < 4.78 is 16.2. The number of methoxy groups -OCH3 is 3. The number of piperazine rings is 1. The van der Waals surface area contributed by atoms with E-state index in [0.29, 0.717) is 59.8 Å². The number of aromatic nitrogens is 2. The lowest BCUT2D eigenvalue weighted by Crippen LogP contribution is -2.50. The third-order valence-electron chi connectivity index (χ3n) is 5.58. The Morgan fingerprint density at radius 2 is 1.62 bits per heavy atom. The summed E-state index contributed by atoms with van der Waals surface area (Å²) in [6, 6.07) is 14.5. The Hall–Kier alpha value is -3.72. The molecule has 1 aliphatic heterocycles. The predicted octanol–water partition coefficient (Wildman–Crippen LogP) is 4.18. The highest BCUT2D eigenvalue weighted by atomic mass is 35.5. The number of ether oxygens (including phenoxy) is 3. The van der Waals surface area contributed by atoms with E-state index in [2.05, 4.69) is 20.4 Å². The van der Waals surface area contributed by atoms with Crippen LogP contribution in [0.1, 0.15) is 0 Å². The van der Waals surface area contributed by atoms with Crippen molar-refractivity contribution in [1.82, 2.24) is 15.1 Å². The van der Waals surface area contributed by atoms with E-state index in [0.717, 1.165) is 11.4 Å². The largest absolute Gasteiger partial charge is 0.493 e. The van der Waals surface area contributed by atoms with Gasteiger partial charge in [0, 0.05) is 42.5 Å². The number of rotatable bonds is 6. The molecule has 0 unspecified atom stereocenters. The van der Waals surface area contributed by atoms with Gasteiger partial charge in [-0.15, -0.1) is 10.2 Å². The molecule has 1 N–H and O–H groups in total. The first kappa shape index (κ1) is 23.4. The zero-order valence-electron chi connectivity index (χ0n) is 19.2. The van der Waals surface area contributed by atoms with E-state index >= 15 is 0 Å². The molecule has 2 heterocycles. The normalized spacial score (nSPS) is 13.4. The van der Waals surface area contributed by atoms with Crippen LogP contribution in [0.15, 0.2) is 48.5 Å². The van der Waals surface area contributed by atoms with Crippen LogP contribution in [0.25, 0.3) is 11.3 Å². The van der Waals surface area contributed by atoms with E-state index < -0.39 is 0 Å². The first-order chi connectivity index (χ1) is 16.5. The van der Waals surface area contributed by atoms with Crippen LogP contribution in [0.2, 0.25) is 5.02 Å². The standard InChI is InChI=1S/C24H26ClN5O4/c1-32-20-13-16(14-21(33-2)23(20)34-3)19-7-8-22(28-27-19)29-9-11-30(12-10-29)24(31)26-18-6-4-5-17(25)15-18/h4-8,13-15H,9-12H2,1-3H3,(H,26,31). The number of nitrogens with zero attached hydrogens (tertiary/aromatic N) is 4. The molecule has 1 aliphatic rings. The molecule has 0 saturated carbocycles. The smallest absolute Gasteiger partial charge is 0.321 e. The van der Waals surface area contributed by atoms with Gasteiger partial charge in [0.2, 0.25) is 5.75 Å². The number of carbonyl (C=O) groups is 1. The lowest BCUT2D eigenvalue weighted by atomic mass is 10.1. The van der Waals surface area contributed by atoms with Crippen LogP contribution in [0, 0.1) is 0 Å². The van der Waals surface area contributed by atoms with Gasteiger partial charge < -0.3 is 29.3 Å². The average molecular weight is 484 g/mol. The quantitative estimate of drug-likeness (QED) is 0.562. The second kappa shape index (κ2) is 10.5. The van der Waals surface area contributed by atoms with Crippen molar-refractivity contribution < 1.29 is 19.0 Å². The summed E-state index contributed by atoms with van der Waals surface area (Å²) in [6.07, 6.45) is 0. The lowest BCUT2D eigenvalue weighted by Gasteiger charge is -2.35. The van der Waals surface area contributed by atoms with Crippen LogP contribution in [0.4, 0.5) is 16.3 Å². The fourth-order valence-corrected chi connectivity index (χ4v) is 3.97. The molecule has 1 fully saturated rings. The van der Waals surface area contributed by atoms with E-state index in [1.807, 2.05) is 30.3 Å². The van der Waals surface area contributed by atoms with Crippen LogP contribution in [0.3, 0.4) is 0 Å². The number of hydrogen-bond donors (Lipinski definition) is 1. The van der Waals surface area contributed by atoms with E-state index in [1.165, 1.54) is 0 Å². The minimum atomic E-state index is -0.147. The van der Waals surface area contributed by atoms with Crippen molar-refractivity contribution in [3.63, 3.8) is 0 Å². The topological polar surface area (TPSA) is 89.1 Å². The number of nitrogens with one attached hydrogen (secondary N) is 1. The molecule has 4 rings (SSSR count). The third-order valence-corrected chi connectivity index (χ3v) is 5.81. The molecular weight excluding hydrogens is 458 g/mol. The van der Waals surface area contributed by atoms with Crippen molar-refractivity contribution in [2.75, 3.05) is 57.7 Å². The predicted molar refractivity (Wildman–Crippen MR) is 131 cm³/mol. The summed E-state index contributed by atoms with van der Waals surface area (Å²) in [5.74, 6) is 2.38. The molecule has 34 heavy (non-hydrogen) atoms. The highest BCUT2D eigenvalue weighted by Crippen LogP contribution is 2.40. The van der Waals surface area contributed by atoms with Crippen molar-refractivity contribution in [3.05, 3.63) is 53.6 Å². The van der Waals surface area contributed by atoms with Crippen LogP contribution in [0.5, 0.6) is 17.2 Å². The first-order valence-corrected chi connectivity index (χ1v) is 11.1. The Kier molecular flexibility index (Phi) is 7.22. The van der Waals surface area contributed by atoms with Crippen molar-refractivity contribution in [2.45, 2.75) is 0 Å². The Morgan fingerprint density at radius 1 is 0.912 bits per heavy atom. The van der Waals surface area contributed by atoms with Gasteiger partial charge in [-0.25, -0.2) is 4.79 Å². The number of amides is 2. The molecule has 3 aromatic rings. The molecule has 0 bridgehead atoms. The van der Waals surface area contributed by atoms with Gasteiger partial charge in [-0.1, -0.05) is 17.7 Å². The van der Waals surface area contributed by atoms with Gasteiger partial charge in [0.05, 0.1) is 27.0 Å². The Labute approximate surface area is 203 Å². The molecule has 0 aliphatic carbocycles. The van der Waals surface area contributed by atoms with Gasteiger partial charge in [0.1, 0.15) is 0 Å². The maximum absolute atomic E-state index is 12.6. The van der Waals surface area contributed by atoms with Crippen molar-refractivity contribution >= 4 is 29.1 Å². The third kappa shape index (κ3) is 5.09. The fraction of sp³-hybridized carbons (Fsp3) is 0.292. The summed E-state index contributed by atoms with van der Waals surface area (Å²) in [4.78, 5) is 16.4. The highest BCUT2D eigenvalue weighted by Gasteiger charge is 2.22. The summed E-state index contributed by atoms with van der Waals surface area (Å²) in [7, 11) is 4.71. The van der Waals surface area contributed by atoms with Crippen molar-refractivity contribution in [2.24, 2.45) is 0 Å². The molecule has 0 radical (unpaired) electrons. The molecular formula is C24H26ClN5O4. The molecule has 1 saturated heterocycles. The molecule has 0 atom stereocenters. The van der Waals surface area contributed by atoms with Gasteiger partial charge in [-0.2, -0.15) is 0 Å². The van der Waals surface area contributed by atoms with Gasteiger partial charge in [-0.05, 0) is 42.5 Å². The summed E-state index contributed by atoms with van der Waals surface area (Å²) in [5, 5.41) is 12.3. The van der Waals surface area contributed by atoms with E-state index in [-0.39, 0.29) is 6.03 Å². The molecule has 2 aromatic carbocycles. The Morgan fingerprint density at radius 3 is 2.18 bits per heavy atom. The number of carbonyl (C=O) groups excluding carboxylic acids is 1. The van der Waals surface area contributed by atoms with Crippen LogP contribution in [-0.4, -0.2) is 68.6 Å². The van der Waals surface area contributed by atoms with E-state index in [9.17, 15) is 4.79 Å². The number of urea groups is 1. The second-order valence-electron chi connectivity index (χ2n) is 7.61. The summed E-state index contributed by atoms with van der Waals surface area (Å²) in [5.41, 5.74) is 2.16. The molecule has 2 amide bonds. The number of benzene rings is 2. The molecule has 10 heteroatoms. The number of hydrogen-bond acceptors (Lipinski definition) is 7. The zero-order chi connectivity index (χ0) is 24.1. The van der Waals surface area contributed by atoms with Gasteiger partial charge in [-0.3, -0.25) is 0 Å². The van der Waals surface area contributed by atoms with Gasteiger partial charge in [0.25, 0.3) is 0 Å². The molecule has 1 aromatic heterocycles. The molecule has 0 spiro atoms. The molecule has 178 valence electrons. The SMILES string of the molecule is COc1cc(-c2ccc(N3CCN(C(=O)Nc4cccc(Cl)c4)CC3)nn2)cc(OC)c1OC. The van der Waals surface area contributed by atoms with Crippen molar-refractivity contribution in [1.29, 1.82) is 0 Å². The Balaban J connectivity index is 1.40. The van der Waals surface area contributed by atoms with Crippen LogP contribution >= 0.6 is 11.6 Å². The molecule has 9 nitrogen and oxygen atoms in total. The highest BCUT2D eigenvalue weighted by molar-refractivity contribution is 6.30. The summed E-state index contributed by atoms with van der Waals surface area (Å²) in [6.45, 7) is 2.45. The maximum Gasteiger partial charge on any atom is 0.321 e. The van der Waals surface area contributed by atoms with Gasteiger partial charge >= 0.3 is 6.03 Å². The minimum absolute atomic E-state index is 0.147. The lowest BCUT2D eigenvalue weighted by molar-refractivity contribution is 0.208. The Bertz CT molecular complexity index is 1130. The monoisotopic (exact) mass is 483 g/mol. The first-order valence-electron chi connectivity index (χ1n) is 10.7. The van der Waals surface area contributed by atoms with Crippen molar-refractivity contribution in [3.8, 4) is 28.5 Å². The van der Waals surface area contributed by atoms with Gasteiger partial charge in [0.15, 0.2) is 17.3 Å². The van der Waals surface area contributed by atoms with Crippen LogP contribution in [-0.2, 0) is 0 Å². The minimum Gasteiger partial charge on any atom is -0.493 e. The fourth-order valence-electron chi connectivity index (χ4n) is 3.78. The maximum atomic E-state index is 12.6. The van der Waals surface area contributed by atoms with E-state index in [1.54, 1.807) is 44.4 Å². The second-order valence-corrected chi connectivity index (χ2v) is 8.04. The number of anilines is 2. The summed E-state index contributed by atoms with van der Waals surface area (Å²) >= 11 is 5.99.